The summed E-state index contributed by atoms with van der Waals surface area (Å²) < 4.78 is 41.8. The third-order valence-electron chi connectivity index (χ3n) is 3.94. The van der Waals surface area contributed by atoms with Gasteiger partial charge in [0.1, 0.15) is 17.6 Å². The summed E-state index contributed by atoms with van der Waals surface area (Å²) in [5, 5.41) is 12.4. The van der Waals surface area contributed by atoms with Crippen LogP contribution < -0.4 is 10.1 Å². The van der Waals surface area contributed by atoms with Gasteiger partial charge in [0.2, 0.25) is 5.95 Å². The van der Waals surface area contributed by atoms with E-state index in [4.69, 9.17) is 4.74 Å². The number of hydrogen-bond donors (Lipinski definition) is 1. The van der Waals surface area contributed by atoms with Crippen molar-refractivity contribution in [3.8, 4) is 23.1 Å². The molecule has 0 saturated heterocycles. The molecule has 2 aromatic carbocycles. The average molecular weight is 412 g/mol. The van der Waals surface area contributed by atoms with Gasteiger partial charge in [-0.3, -0.25) is 0 Å². The maximum Gasteiger partial charge on any atom is 0.227 e. The van der Waals surface area contributed by atoms with Crippen LogP contribution in [0.25, 0.3) is 11.3 Å². The molecule has 148 valence electrons. The van der Waals surface area contributed by atoms with Gasteiger partial charge in [0, 0.05) is 23.6 Å². The lowest BCUT2D eigenvalue weighted by Gasteiger charge is -2.12. The molecule has 3 aromatic rings. The Kier molecular flexibility index (Phi) is 5.75. The summed E-state index contributed by atoms with van der Waals surface area (Å²) >= 11 is 0. The summed E-state index contributed by atoms with van der Waals surface area (Å²) in [5.41, 5.74) is 2.14. The highest BCUT2D eigenvalue weighted by atomic mass is 32.2. The minimum Gasteiger partial charge on any atom is -0.496 e. The number of halogens is 1. The fourth-order valence-electron chi connectivity index (χ4n) is 2.76. The third kappa shape index (κ3) is 5.06. The van der Waals surface area contributed by atoms with Crippen molar-refractivity contribution in [2.75, 3.05) is 18.7 Å². The van der Waals surface area contributed by atoms with Crippen molar-refractivity contribution in [3.63, 3.8) is 0 Å². The molecule has 0 spiro atoms. The minimum absolute atomic E-state index is 0.0885. The van der Waals surface area contributed by atoms with E-state index < -0.39 is 15.7 Å². The maximum absolute atomic E-state index is 13.5. The zero-order valence-electron chi connectivity index (χ0n) is 15.7. The van der Waals surface area contributed by atoms with Gasteiger partial charge in [-0.05, 0) is 29.8 Å². The van der Waals surface area contributed by atoms with Crippen molar-refractivity contribution in [2.24, 2.45) is 0 Å². The molecule has 0 radical (unpaired) electrons. The highest BCUT2D eigenvalue weighted by Gasteiger charge is 2.15. The molecule has 1 heterocycles. The lowest BCUT2D eigenvalue weighted by molar-refractivity contribution is 0.413. The molecule has 0 amide bonds. The van der Waals surface area contributed by atoms with E-state index in [1.54, 1.807) is 24.3 Å². The first kappa shape index (κ1) is 20.2. The fraction of sp³-hybridized carbons (Fsp3) is 0.150. The quantitative estimate of drug-likeness (QED) is 0.661. The largest absolute Gasteiger partial charge is 0.496 e. The van der Waals surface area contributed by atoms with Gasteiger partial charge in [-0.25, -0.2) is 22.8 Å². The Morgan fingerprint density at radius 2 is 2.03 bits per heavy atom. The summed E-state index contributed by atoms with van der Waals surface area (Å²) in [7, 11) is -1.77. The molecule has 29 heavy (non-hydrogen) atoms. The number of benzene rings is 2. The van der Waals surface area contributed by atoms with Crippen molar-refractivity contribution in [1.82, 2.24) is 9.97 Å². The Morgan fingerprint density at radius 3 is 2.72 bits per heavy atom. The molecule has 0 bridgehead atoms. The third-order valence-corrected chi connectivity index (χ3v) is 4.80. The number of methoxy groups -OCH3 is 1. The summed E-state index contributed by atoms with van der Waals surface area (Å²) in [5.74, 6) is -0.128. The molecule has 0 aliphatic carbocycles. The Labute approximate surface area is 167 Å². The van der Waals surface area contributed by atoms with Gasteiger partial charge >= 0.3 is 0 Å². The van der Waals surface area contributed by atoms with Crippen LogP contribution >= 0.6 is 0 Å². The second-order valence-corrected chi connectivity index (χ2v) is 8.45. The fourth-order valence-corrected chi connectivity index (χ4v) is 3.55. The summed E-state index contributed by atoms with van der Waals surface area (Å²) in [6, 6.07) is 12.8. The number of nitrogens with one attached hydrogen (secondary N) is 1. The molecule has 9 heteroatoms. The molecule has 0 unspecified atom stereocenters. The van der Waals surface area contributed by atoms with Crippen LogP contribution in [0.3, 0.4) is 0 Å². The van der Waals surface area contributed by atoms with Crippen molar-refractivity contribution in [1.29, 1.82) is 5.26 Å². The predicted octanol–water partition coefficient (Wildman–Crippen LogP) is 3.45. The number of aromatic nitrogens is 2. The zero-order chi connectivity index (χ0) is 21.0. The second kappa shape index (κ2) is 8.24. The van der Waals surface area contributed by atoms with Gasteiger partial charge in [0.25, 0.3) is 0 Å². The standard InChI is InChI=1S/C20H17FN4O3S/c1-28-18-9-15(21)6-7-17(18)19-14(10-22)11-23-20(25-19)24-16-5-3-4-13(8-16)12-29(2,26)27/h3-9,11H,12H2,1-2H3,(H,23,24,25). The van der Waals surface area contributed by atoms with Crippen molar-refractivity contribution in [2.45, 2.75) is 5.75 Å². The number of ether oxygens (including phenoxy) is 1. The van der Waals surface area contributed by atoms with E-state index in [0.29, 0.717) is 16.8 Å². The number of rotatable bonds is 6. The van der Waals surface area contributed by atoms with Crippen LogP contribution in [0.2, 0.25) is 0 Å². The number of anilines is 2. The average Bonchev–Trinajstić information content (AvgIpc) is 2.67. The van der Waals surface area contributed by atoms with E-state index >= 15 is 0 Å². The van der Waals surface area contributed by atoms with Gasteiger partial charge in [-0.1, -0.05) is 12.1 Å². The van der Waals surface area contributed by atoms with Crippen molar-refractivity contribution in [3.05, 3.63) is 65.6 Å². The van der Waals surface area contributed by atoms with Gasteiger partial charge < -0.3 is 10.1 Å². The Morgan fingerprint density at radius 1 is 1.24 bits per heavy atom. The Bertz CT molecular complexity index is 1210. The number of nitrogens with zero attached hydrogens (tertiary/aromatic N) is 3. The molecule has 7 nitrogen and oxygen atoms in total. The van der Waals surface area contributed by atoms with Crippen LogP contribution in [0, 0.1) is 17.1 Å². The second-order valence-electron chi connectivity index (χ2n) is 6.31. The van der Waals surface area contributed by atoms with E-state index in [0.717, 1.165) is 0 Å². The van der Waals surface area contributed by atoms with Crippen LogP contribution in [0.15, 0.2) is 48.7 Å². The van der Waals surface area contributed by atoms with Gasteiger partial charge in [0.15, 0.2) is 9.84 Å². The molecule has 0 aliphatic heterocycles. The summed E-state index contributed by atoms with van der Waals surface area (Å²) in [6.07, 6.45) is 2.52. The number of sulfone groups is 1. The molecule has 0 fully saturated rings. The van der Waals surface area contributed by atoms with E-state index in [9.17, 15) is 18.1 Å². The predicted molar refractivity (Wildman–Crippen MR) is 107 cm³/mol. The smallest absolute Gasteiger partial charge is 0.227 e. The van der Waals surface area contributed by atoms with Crippen LogP contribution in [0.5, 0.6) is 5.75 Å². The molecule has 0 aliphatic rings. The molecule has 0 saturated carbocycles. The first-order valence-corrected chi connectivity index (χ1v) is 10.5. The molecule has 1 N–H and O–H groups in total. The normalized spacial score (nSPS) is 11.0. The maximum atomic E-state index is 13.5. The van der Waals surface area contributed by atoms with Crippen molar-refractivity contribution < 1.29 is 17.5 Å². The topological polar surface area (TPSA) is 105 Å². The van der Waals surface area contributed by atoms with Crippen LogP contribution in [0.1, 0.15) is 11.1 Å². The summed E-state index contributed by atoms with van der Waals surface area (Å²) in [4.78, 5) is 8.52. The first-order valence-electron chi connectivity index (χ1n) is 8.44. The highest BCUT2D eigenvalue weighted by Crippen LogP contribution is 2.32. The molecular formula is C20H17FN4O3S. The van der Waals surface area contributed by atoms with Crippen LogP contribution in [0.4, 0.5) is 16.0 Å². The monoisotopic (exact) mass is 412 g/mol. The molecule has 0 atom stereocenters. The number of hydrogen-bond acceptors (Lipinski definition) is 7. The molecule has 1 aromatic heterocycles. The van der Waals surface area contributed by atoms with Gasteiger partial charge in [0.05, 0.1) is 30.3 Å². The minimum atomic E-state index is -3.17. The van der Waals surface area contributed by atoms with E-state index in [1.165, 1.54) is 37.8 Å². The lowest BCUT2D eigenvalue weighted by Crippen LogP contribution is -2.03. The zero-order valence-corrected chi connectivity index (χ0v) is 16.5. The Hall–Kier alpha value is -3.51. The van der Waals surface area contributed by atoms with Crippen LogP contribution in [-0.4, -0.2) is 31.8 Å². The first-order chi connectivity index (χ1) is 13.8. The van der Waals surface area contributed by atoms with E-state index in [-0.39, 0.29) is 28.7 Å². The SMILES string of the molecule is COc1cc(F)ccc1-c1nc(Nc2cccc(CS(C)(=O)=O)c2)ncc1C#N. The number of nitriles is 1. The van der Waals surface area contributed by atoms with Crippen LogP contribution in [-0.2, 0) is 15.6 Å². The van der Waals surface area contributed by atoms with E-state index in [1.807, 2.05) is 6.07 Å². The van der Waals surface area contributed by atoms with Gasteiger partial charge in [-0.15, -0.1) is 0 Å². The Balaban J connectivity index is 1.99. The summed E-state index contributed by atoms with van der Waals surface area (Å²) in [6.45, 7) is 0. The van der Waals surface area contributed by atoms with E-state index in [2.05, 4.69) is 15.3 Å². The lowest BCUT2D eigenvalue weighted by atomic mass is 10.1. The van der Waals surface area contributed by atoms with Gasteiger partial charge in [-0.2, -0.15) is 5.26 Å². The van der Waals surface area contributed by atoms with Crippen molar-refractivity contribution >= 4 is 21.5 Å². The highest BCUT2D eigenvalue weighted by molar-refractivity contribution is 7.89. The molecule has 3 rings (SSSR count). The molecular weight excluding hydrogens is 395 g/mol.